The van der Waals surface area contributed by atoms with Crippen LogP contribution in [0.5, 0.6) is 0 Å². The minimum absolute atomic E-state index is 0.0291. The standard InChI is InChI=1S/C12H10ClN5O/c13-7(6-4-2-1-3-5-6)9-15-8-10(16-9)17-12(14)18-11(8)19/h1-5,7H,(H4,14,15,16,17,18,19). The molecular weight excluding hydrogens is 266 g/mol. The Balaban J connectivity index is 2.12. The van der Waals surface area contributed by atoms with E-state index >= 15 is 0 Å². The van der Waals surface area contributed by atoms with E-state index < -0.39 is 5.38 Å². The van der Waals surface area contributed by atoms with Crippen LogP contribution >= 0.6 is 11.6 Å². The Bertz CT molecular complexity index is 780. The van der Waals surface area contributed by atoms with E-state index in [-0.39, 0.29) is 22.7 Å². The van der Waals surface area contributed by atoms with E-state index in [2.05, 4.69) is 19.9 Å². The fraction of sp³-hybridized carbons (Fsp3) is 0.0833. The van der Waals surface area contributed by atoms with Gasteiger partial charge in [-0.1, -0.05) is 30.3 Å². The molecule has 0 spiro atoms. The number of H-pyrrole nitrogens is 2. The highest BCUT2D eigenvalue weighted by atomic mass is 35.5. The summed E-state index contributed by atoms with van der Waals surface area (Å²) in [6, 6.07) is 9.44. The molecule has 0 aliphatic heterocycles. The van der Waals surface area contributed by atoms with Gasteiger partial charge in [0.25, 0.3) is 5.56 Å². The first-order valence-corrected chi connectivity index (χ1v) is 6.03. The van der Waals surface area contributed by atoms with Crippen molar-refractivity contribution in [1.82, 2.24) is 19.9 Å². The summed E-state index contributed by atoms with van der Waals surface area (Å²) in [5.74, 6) is 0.493. The second kappa shape index (κ2) is 4.40. The van der Waals surface area contributed by atoms with Crippen molar-refractivity contribution in [1.29, 1.82) is 0 Å². The van der Waals surface area contributed by atoms with Gasteiger partial charge >= 0.3 is 0 Å². The zero-order valence-electron chi connectivity index (χ0n) is 9.72. The van der Waals surface area contributed by atoms with Gasteiger partial charge in [-0.05, 0) is 5.56 Å². The summed E-state index contributed by atoms with van der Waals surface area (Å²) in [6.07, 6.45) is 0. The van der Waals surface area contributed by atoms with Crippen molar-refractivity contribution in [2.75, 3.05) is 5.73 Å². The summed E-state index contributed by atoms with van der Waals surface area (Å²) in [4.78, 5) is 25.1. The highest BCUT2D eigenvalue weighted by molar-refractivity contribution is 6.22. The summed E-state index contributed by atoms with van der Waals surface area (Å²) in [5.41, 5.74) is 6.52. The van der Waals surface area contributed by atoms with Crippen LogP contribution in [0, 0.1) is 0 Å². The topological polar surface area (TPSA) is 100 Å². The third-order valence-electron chi connectivity index (χ3n) is 2.73. The zero-order chi connectivity index (χ0) is 13.4. The molecule has 0 aliphatic carbocycles. The predicted molar refractivity (Wildman–Crippen MR) is 73.1 cm³/mol. The molecule has 1 unspecified atom stereocenters. The van der Waals surface area contributed by atoms with Gasteiger partial charge < -0.3 is 10.7 Å². The summed E-state index contributed by atoms with van der Waals surface area (Å²) in [5, 5.41) is -0.476. The van der Waals surface area contributed by atoms with E-state index in [4.69, 9.17) is 17.3 Å². The van der Waals surface area contributed by atoms with Crippen molar-refractivity contribution in [3.8, 4) is 0 Å². The lowest BCUT2D eigenvalue weighted by Crippen LogP contribution is -2.10. The Kier molecular flexibility index (Phi) is 2.72. The van der Waals surface area contributed by atoms with Gasteiger partial charge in [0.2, 0.25) is 5.95 Å². The van der Waals surface area contributed by atoms with Gasteiger partial charge in [0.15, 0.2) is 11.2 Å². The molecule has 0 saturated heterocycles. The summed E-state index contributed by atoms with van der Waals surface area (Å²) < 4.78 is 0. The zero-order valence-corrected chi connectivity index (χ0v) is 10.5. The molecule has 0 aliphatic rings. The molecule has 2 aromatic heterocycles. The molecular formula is C12H10ClN5O. The lowest BCUT2D eigenvalue weighted by atomic mass is 10.1. The van der Waals surface area contributed by atoms with Crippen molar-refractivity contribution in [3.05, 3.63) is 52.1 Å². The fourth-order valence-electron chi connectivity index (χ4n) is 1.84. The van der Waals surface area contributed by atoms with Gasteiger partial charge in [0.05, 0.1) is 0 Å². The van der Waals surface area contributed by atoms with Crippen LogP contribution in [-0.4, -0.2) is 19.9 Å². The number of anilines is 1. The number of aromatic amines is 2. The third-order valence-corrected chi connectivity index (χ3v) is 3.19. The number of alkyl halides is 1. The van der Waals surface area contributed by atoms with Crippen molar-refractivity contribution in [2.45, 2.75) is 5.38 Å². The molecule has 19 heavy (non-hydrogen) atoms. The SMILES string of the molecule is Nc1nc2nc(C(Cl)c3ccccc3)[nH]c2c(=O)[nH]1. The van der Waals surface area contributed by atoms with Crippen LogP contribution < -0.4 is 11.3 Å². The molecule has 6 nitrogen and oxygen atoms in total. The number of fused-ring (bicyclic) bond motifs is 1. The van der Waals surface area contributed by atoms with Crippen LogP contribution in [0.25, 0.3) is 11.2 Å². The molecule has 0 bridgehead atoms. The van der Waals surface area contributed by atoms with Crippen LogP contribution in [-0.2, 0) is 0 Å². The van der Waals surface area contributed by atoms with Crippen LogP contribution in [0.1, 0.15) is 16.8 Å². The van der Waals surface area contributed by atoms with Crippen molar-refractivity contribution < 1.29 is 0 Å². The maximum absolute atomic E-state index is 11.7. The lowest BCUT2D eigenvalue weighted by Gasteiger charge is -2.05. The predicted octanol–water partition coefficient (Wildman–Crippen LogP) is 1.56. The number of benzene rings is 1. The van der Waals surface area contributed by atoms with E-state index in [0.29, 0.717) is 5.82 Å². The molecule has 1 atom stereocenters. The first-order valence-electron chi connectivity index (χ1n) is 5.59. The van der Waals surface area contributed by atoms with Crippen molar-refractivity contribution in [2.24, 2.45) is 0 Å². The summed E-state index contributed by atoms with van der Waals surface area (Å²) in [6.45, 7) is 0. The first kappa shape index (κ1) is 11.7. The second-order valence-electron chi connectivity index (χ2n) is 4.05. The van der Waals surface area contributed by atoms with Crippen molar-refractivity contribution >= 4 is 28.7 Å². The second-order valence-corrected chi connectivity index (χ2v) is 4.48. The number of nitrogens with zero attached hydrogens (tertiary/aromatic N) is 2. The van der Waals surface area contributed by atoms with Gasteiger partial charge in [-0.25, -0.2) is 4.98 Å². The average molecular weight is 276 g/mol. The monoisotopic (exact) mass is 275 g/mol. The Morgan fingerprint density at radius 1 is 1.16 bits per heavy atom. The molecule has 0 fully saturated rings. The minimum Gasteiger partial charge on any atom is -0.369 e. The van der Waals surface area contributed by atoms with E-state index in [0.717, 1.165) is 5.56 Å². The first-order chi connectivity index (χ1) is 9.15. The smallest absolute Gasteiger partial charge is 0.278 e. The van der Waals surface area contributed by atoms with E-state index in [1.165, 1.54) is 0 Å². The van der Waals surface area contributed by atoms with Crippen LogP contribution in [0.3, 0.4) is 0 Å². The van der Waals surface area contributed by atoms with Crippen molar-refractivity contribution in [3.63, 3.8) is 0 Å². The normalized spacial score (nSPS) is 12.7. The van der Waals surface area contributed by atoms with Crippen LogP contribution in [0.15, 0.2) is 35.1 Å². The van der Waals surface area contributed by atoms with E-state index in [1.807, 2.05) is 30.3 Å². The molecule has 3 rings (SSSR count). The summed E-state index contributed by atoms with van der Waals surface area (Å²) >= 11 is 6.33. The molecule has 0 saturated carbocycles. The number of aromatic nitrogens is 4. The Hall–Kier alpha value is -2.34. The van der Waals surface area contributed by atoms with Gasteiger partial charge in [0, 0.05) is 0 Å². The fourth-order valence-corrected chi connectivity index (χ4v) is 2.09. The number of imidazole rings is 1. The third kappa shape index (κ3) is 2.06. The maximum atomic E-state index is 11.7. The molecule has 4 N–H and O–H groups in total. The number of hydrogen-bond acceptors (Lipinski definition) is 4. The van der Waals surface area contributed by atoms with E-state index in [1.54, 1.807) is 0 Å². The number of nitrogens with one attached hydrogen (secondary N) is 2. The quantitative estimate of drug-likeness (QED) is 0.618. The lowest BCUT2D eigenvalue weighted by molar-refractivity contribution is 1.00. The Morgan fingerprint density at radius 2 is 1.89 bits per heavy atom. The van der Waals surface area contributed by atoms with Gasteiger partial charge in [-0.15, -0.1) is 11.6 Å². The molecule has 0 radical (unpaired) electrons. The van der Waals surface area contributed by atoms with Crippen LogP contribution in [0.2, 0.25) is 0 Å². The Morgan fingerprint density at radius 3 is 2.63 bits per heavy atom. The van der Waals surface area contributed by atoms with Crippen LogP contribution in [0.4, 0.5) is 5.95 Å². The number of rotatable bonds is 2. The Labute approximate surface area is 112 Å². The maximum Gasteiger partial charge on any atom is 0.278 e. The highest BCUT2D eigenvalue weighted by Crippen LogP contribution is 2.26. The highest BCUT2D eigenvalue weighted by Gasteiger charge is 2.17. The number of halogens is 1. The molecule has 3 aromatic rings. The summed E-state index contributed by atoms with van der Waals surface area (Å²) in [7, 11) is 0. The van der Waals surface area contributed by atoms with Gasteiger partial charge in [-0.3, -0.25) is 9.78 Å². The molecule has 7 heteroatoms. The number of nitrogens with two attached hydrogens (primary N) is 1. The van der Waals surface area contributed by atoms with Gasteiger partial charge in [-0.2, -0.15) is 4.98 Å². The number of hydrogen-bond donors (Lipinski definition) is 3. The minimum atomic E-state index is -0.476. The van der Waals surface area contributed by atoms with Gasteiger partial charge in [0.1, 0.15) is 11.2 Å². The molecule has 2 heterocycles. The average Bonchev–Trinajstić information content (AvgIpc) is 2.83. The number of nitrogen functional groups attached to an aromatic ring is 1. The molecule has 1 aromatic carbocycles. The largest absolute Gasteiger partial charge is 0.369 e. The molecule has 0 amide bonds. The van der Waals surface area contributed by atoms with E-state index in [9.17, 15) is 4.79 Å². The molecule has 96 valence electrons.